The van der Waals surface area contributed by atoms with Crippen LogP contribution in [0.25, 0.3) is 11.3 Å². The molecular formula is C25H23F2N3O2. The highest BCUT2D eigenvalue weighted by Gasteiger charge is 2.32. The molecule has 1 aliphatic rings. The maximum atomic E-state index is 13.5. The number of benzene rings is 2. The van der Waals surface area contributed by atoms with Crippen molar-refractivity contribution in [2.45, 2.75) is 25.3 Å². The Balaban J connectivity index is 1.51. The second-order valence-electron chi connectivity index (χ2n) is 7.93. The van der Waals surface area contributed by atoms with Crippen LogP contribution in [0.3, 0.4) is 0 Å². The van der Waals surface area contributed by atoms with E-state index in [0.29, 0.717) is 36.3 Å². The van der Waals surface area contributed by atoms with E-state index in [1.165, 1.54) is 37.4 Å². The summed E-state index contributed by atoms with van der Waals surface area (Å²) in [4.78, 5) is 30.9. The van der Waals surface area contributed by atoms with Gasteiger partial charge in [-0.2, -0.15) is 0 Å². The predicted molar refractivity (Wildman–Crippen MR) is 117 cm³/mol. The third kappa shape index (κ3) is 4.82. The summed E-state index contributed by atoms with van der Waals surface area (Å²) < 4.78 is 26.9. The van der Waals surface area contributed by atoms with Crippen molar-refractivity contribution in [3.05, 3.63) is 89.6 Å². The van der Waals surface area contributed by atoms with Gasteiger partial charge in [-0.25, -0.2) is 8.78 Å². The van der Waals surface area contributed by atoms with E-state index >= 15 is 0 Å². The molecule has 0 spiro atoms. The minimum absolute atomic E-state index is 0.0287. The molecule has 1 fully saturated rings. The molecule has 0 bridgehead atoms. The van der Waals surface area contributed by atoms with Gasteiger partial charge >= 0.3 is 0 Å². The monoisotopic (exact) mass is 435 g/mol. The third-order valence-electron chi connectivity index (χ3n) is 5.82. The number of halogens is 2. The van der Waals surface area contributed by atoms with Crippen molar-refractivity contribution < 1.29 is 18.4 Å². The molecular weight excluding hydrogens is 412 g/mol. The molecule has 2 aromatic carbocycles. The van der Waals surface area contributed by atoms with E-state index in [0.717, 1.165) is 5.56 Å². The number of hydrogen-bond acceptors (Lipinski definition) is 3. The van der Waals surface area contributed by atoms with Crippen molar-refractivity contribution in [1.82, 2.24) is 15.2 Å². The quantitative estimate of drug-likeness (QED) is 0.669. The van der Waals surface area contributed by atoms with E-state index in [-0.39, 0.29) is 35.4 Å². The van der Waals surface area contributed by atoms with E-state index in [9.17, 15) is 18.4 Å². The zero-order valence-electron chi connectivity index (χ0n) is 17.6. The highest BCUT2D eigenvalue weighted by atomic mass is 19.1. The summed E-state index contributed by atoms with van der Waals surface area (Å²) in [6, 6.07) is 15.4. The second-order valence-corrected chi connectivity index (χ2v) is 7.93. The summed E-state index contributed by atoms with van der Waals surface area (Å²) in [5.41, 5.74) is 2.45. The number of nitrogens with one attached hydrogen (secondary N) is 1. The van der Waals surface area contributed by atoms with Gasteiger partial charge in [-0.3, -0.25) is 14.6 Å². The number of rotatable bonds is 4. The van der Waals surface area contributed by atoms with Crippen LogP contribution in [-0.4, -0.2) is 40.8 Å². The summed E-state index contributed by atoms with van der Waals surface area (Å²) in [5, 5.41) is 3.06. The number of carbonyl (C=O) groups is 2. The van der Waals surface area contributed by atoms with Gasteiger partial charge in [0.25, 0.3) is 5.91 Å². The third-order valence-corrected chi connectivity index (χ3v) is 5.82. The van der Waals surface area contributed by atoms with Crippen molar-refractivity contribution in [1.29, 1.82) is 0 Å². The van der Waals surface area contributed by atoms with E-state index in [2.05, 4.69) is 10.3 Å². The molecule has 2 unspecified atom stereocenters. The van der Waals surface area contributed by atoms with E-state index in [1.807, 2.05) is 0 Å². The van der Waals surface area contributed by atoms with Gasteiger partial charge in [0.2, 0.25) is 5.91 Å². The normalized spacial score (nSPS) is 18.3. The Morgan fingerprint density at radius 2 is 1.81 bits per heavy atom. The molecule has 1 N–H and O–H groups in total. The largest absolute Gasteiger partial charge is 0.349 e. The van der Waals surface area contributed by atoms with Gasteiger partial charge in [0.15, 0.2) is 0 Å². The van der Waals surface area contributed by atoms with Gasteiger partial charge < -0.3 is 10.2 Å². The Morgan fingerprint density at radius 1 is 1.03 bits per heavy atom. The number of carbonyl (C=O) groups excluding carboxylic acids is 2. The fraction of sp³-hybridized carbons (Fsp3) is 0.240. The van der Waals surface area contributed by atoms with E-state index in [1.54, 1.807) is 41.3 Å². The van der Waals surface area contributed by atoms with Crippen molar-refractivity contribution in [3.8, 4) is 11.3 Å². The Hall–Kier alpha value is -3.61. The Bertz CT molecular complexity index is 1120. The van der Waals surface area contributed by atoms with Crippen molar-refractivity contribution in [2.75, 3.05) is 13.1 Å². The maximum absolute atomic E-state index is 13.5. The molecule has 2 heterocycles. The van der Waals surface area contributed by atoms with Crippen LogP contribution >= 0.6 is 0 Å². The molecule has 0 radical (unpaired) electrons. The zero-order valence-corrected chi connectivity index (χ0v) is 17.6. The number of nitrogens with zero attached hydrogens (tertiary/aromatic N) is 2. The van der Waals surface area contributed by atoms with E-state index in [4.69, 9.17) is 0 Å². The lowest BCUT2D eigenvalue weighted by Gasteiger charge is -2.39. The van der Waals surface area contributed by atoms with Gasteiger partial charge in [0.05, 0.1) is 11.3 Å². The van der Waals surface area contributed by atoms with Crippen LogP contribution < -0.4 is 5.32 Å². The van der Waals surface area contributed by atoms with Crippen LogP contribution in [0.5, 0.6) is 0 Å². The summed E-state index contributed by atoms with van der Waals surface area (Å²) in [6.45, 7) is 2.50. The lowest BCUT2D eigenvalue weighted by molar-refractivity contribution is -0.130. The summed E-state index contributed by atoms with van der Waals surface area (Å²) in [5.74, 6) is -1.15. The molecule has 164 valence electrons. The number of amides is 2. The number of pyridine rings is 1. The maximum Gasteiger partial charge on any atom is 0.253 e. The van der Waals surface area contributed by atoms with Crippen LogP contribution in [0.4, 0.5) is 8.78 Å². The van der Waals surface area contributed by atoms with Crippen molar-refractivity contribution in [2.24, 2.45) is 0 Å². The van der Waals surface area contributed by atoms with Gasteiger partial charge in [0, 0.05) is 43.7 Å². The number of piperidine rings is 1. The van der Waals surface area contributed by atoms with E-state index < -0.39 is 0 Å². The minimum atomic E-state index is -0.352. The molecule has 5 nitrogen and oxygen atoms in total. The molecule has 3 aromatic rings. The highest BCUT2D eigenvalue weighted by Crippen LogP contribution is 2.28. The Morgan fingerprint density at radius 3 is 2.47 bits per heavy atom. The Labute approximate surface area is 185 Å². The first-order chi connectivity index (χ1) is 15.4. The van der Waals surface area contributed by atoms with Crippen molar-refractivity contribution >= 4 is 11.8 Å². The molecule has 2 atom stereocenters. The first-order valence-electron chi connectivity index (χ1n) is 10.4. The molecule has 1 aromatic heterocycles. The fourth-order valence-electron chi connectivity index (χ4n) is 4.06. The fourth-order valence-corrected chi connectivity index (χ4v) is 4.06. The molecule has 1 saturated heterocycles. The summed E-state index contributed by atoms with van der Waals surface area (Å²) in [6.07, 6.45) is 2.05. The van der Waals surface area contributed by atoms with Crippen LogP contribution in [0, 0.1) is 11.6 Å². The van der Waals surface area contributed by atoms with Crippen LogP contribution in [0.1, 0.15) is 35.2 Å². The predicted octanol–water partition coefficient (Wildman–Crippen LogP) is 4.16. The van der Waals surface area contributed by atoms with Gasteiger partial charge in [-0.15, -0.1) is 0 Å². The number of hydrogen-bond donors (Lipinski definition) is 1. The van der Waals surface area contributed by atoms with Crippen molar-refractivity contribution in [3.63, 3.8) is 0 Å². The first kappa shape index (κ1) is 21.6. The van der Waals surface area contributed by atoms with Gasteiger partial charge in [0.1, 0.15) is 11.6 Å². The standard InChI is InChI=1S/C25H23F2N3O2/c1-16(31)30-12-11-24(22(15-30)17-5-8-20(26)9-6-17)29-25(32)19-7-10-23(28-14-19)18-3-2-4-21(27)13-18/h2-10,13-14,22,24H,11-12,15H2,1H3,(H,29,32). The molecule has 32 heavy (non-hydrogen) atoms. The average Bonchev–Trinajstić information content (AvgIpc) is 2.80. The minimum Gasteiger partial charge on any atom is -0.349 e. The second kappa shape index (κ2) is 9.26. The average molecular weight is 435 g/mol. The first-order valence-corrected chi connectivity index (χ1v) is 10.4. The Kier molecular flexibility index (Phi) is 6.25. The topological polar surface area (TPSA) is 62.3 Å². The van der Waals surface area contributed by atoms with Crippen LogP contribution in [0.15, 0.2) is 66.9 Å². The zero-order chi connectivity index (χ0) is 22.7. The SMILES string of the molecule is CC(=O)N1CCC(NC(=O)c2ccc(-c3cccc(F)c3)nc2)C(c2ccc(F)cc2)C1. The smallest absolute Gasteiger partial charge is 0.253 e. The summed E-state index contributed by atoms with van der Waals surface area (Å²) in [7, 11) is 0. The lowest BCUT2D eigenvalue weighted by Crippen LogP contribution is -2.50. The summed E-state index contributed by atoms with van der Waals surface area (Å²) >= 11 is 0. The van der Waals surface area contributed by atoms with Crippen LogP contribution in [0.2, 0.25) is 0 Å². The molecule has 0 saturated carbocycles. The molecule has 1 aliphatic heterocycles. The number of aromatic nitrogens is 1. The molecule has 0 aliphatic carbocycles. The molecule has 2 amide bonds. The number of likely N-dealkylation sites (tertiary alicyclic amines) is 1. The lowest BCUT2D eigenvalue weighted by atomic mass is 9.85. The molecule has 7 heteroatoms. The molecule has 4 rings (SSSR count). The van der Waals surface area contributed by atoms with Gasteiger partial charge in [-0.05, 0) is 48.4 Å². The highest BCUT2D eigenvalue weighted by molar-refractivity contribution is 5.94. The van der Waals surface area contributed by atoms with Crippen LogP contribution in [-0.2, 0) is 4.79 Å². The van der Waals surface area contributed by atoms with Gasteiger partial charge in [-0.1, -0.05) is 24.3 Å².